The van der Waals surface area contributed by atoms with Crippen LogP contribution in [0.1, 0.15) is 58.1 Å². The second-order valence-electron chi connectivity index (χ2n) is 8.32. The van der Waals surface area contributed by atoms with E-state index in [0.717, 1.165) is 6.42 Å². The van der Waals surface area contributed by atoms with Crippen molar-refractivity contribution in [2.75, 3.05) is 13.2 Å². The molecule has 2 aliphatic heterocycles. The fraction of sp³-hybridized carbons (Fsp3) is 0.571. The predicted molar refractivity (Wildman–Crippen MR) is 99.6 cm³/mol. The van der Waals surface area contributed by atoms with E-state index in [4.69, 9.17) is 9.47 Å². The number of hydrogen-bond acceptors (Lipinski definition) is 3. The molecule has 0 N–H and O–H groups in total. The van der Waals surface area contributed by atoms with Crippen molar-refractivity contribution in [3.63, 3.8) is 0 Å². The molecule has 4 heteroatoms. The average Bonchev–Trinajstić information content (AvgIpc) is 2.52. The zero-order valence-corrected chi connectivity index (χ0v) is 15.9. The highest BCUT2D eigenvalue weighted by Crippen LogP contribution is 2.34. The highest BCUT2D eigenvalue weighted by molar-refractivity contribution is 5.75. The van der Waals surface area contributed by atoms with Gasteiger partial charge in [-0.05, 0) is 49.8 Å². The Bertz CT molecular complexity index is 672. The van der Waals surface area contributed by atoms with Crippen molar-refractivity contribution < 1.29 is 14.3 Å². The maximum Gasteiger partial charge on any atom is 0.411 e. The molecule has 1 aromatic rings. The lowest BCUT2D eigenvalue weighted by Gasteiger charge is -2.44. The van der Waals surface area contributed by atoms with Crippen LogP contribution in [0.25, 0.3) is 5.57 Å². The van der Waals surface area contributed by atoms with Crippen LogP contribution < -0.4 is 0 Å². The van der Waals surface area contributed by atoms with Crippen LogP contribution in [0.2, 0.25) is 0 Å². The topological polar surface area (TPSA) is 38.8 Å². The Hall–Kier alpha value is -1.81. The van der Waals surface area contributed by atoms with Gasteiger partial charge in [-0.25, -0.2) is 4.79 Å². The van der Waals surface area contributed by atoms with Crippen LogP contribution in [-0.2, 0) is 9.47 Å². The first-order valence-corrected chi connectivity index (χ1v) is 9.14. The molecule has 3 rings (SSSR count). The monoisotopic (exact) mass is 343 g/mol. The van der Waals surface area contributed by atoms with Gasteiger partial charge < -0.3 is 9.47 Å². The molecule has 2 aliphatic rings. The average molecular weight is 343 g/mol. The molecule has 0 aromatic heterocycles. The van der Waals surface area contributed by atoms with Crippen LogP contribution in [0, 0.1) is 0 Å². The lowest BCUT2D eigenvalue weighted by Crippen LogP contribution is -2.57. The van der Waals surface area contributed by atoms with Gasteiger partial charge in [-0.15, -0.1) is 0 Å². The minimum atomic E-state index is -0.484. The second kappa shape index (κ2) is 6.83. The molecule has 1 amide bonds. The first kappa shape index (κ1) is 18.0. The van der Waals surface area contributed by atoms with Crippen molar-refractivity contribution in [1.29, 1.82) is 0 Å². The molecule has 4 nitrogen and oxygen atoms in total. The highest BCUT2D eigenvalue weighted by Gasteiger charge is 2.40. The molecule has 0 aliphatic carbocycles. The van der Waals surface area contributed by atoms with Gasteiger partial charge in [0.05, 0.1) is 25.3 Å². The number of ether oxygens (including phenoxy) is 2. The molecule has 136 valence electrons. The van der Waals surface area contributed by atoms with Gasteiger partial charge in [0.15, 0.2) is 0 Å². The molecule has 2 bridgehead atoms. The van der Waals surface area contributed by atoms with Crippen LogP contribution in [-0.4, -0.2) is 41.9 Å². The van der Waals surface area contributed by atoms with Gasteiger partial charge in [-0.3, -0.25) is 4.90 Å². The van der Waals surface area contributed by atoms with Gasteiger partial charge in [0.1, 0.15) is 5.60 Å². The number of hydrogen-bond donors (Lipinski definition) is 0. The largest absolute Gasteiger partial charge is 0.444 e. The summed E-state index contributed by atoms with van der Waals surface area (Å²) in [6.07, 6.45) is 2.74. The molecule has 0 spiro atoms. The van der Waals surface area contributed by atoms with Gasteiger partial charge in [0.2, 0.25) is 0 Å². The summed E-state index contributed by atoms with van der Waals surface area (Å²) in [4.78, 5) is 14.5. The summed E-state index contributed by atoms with van der Waals surface area (Å²) in [6.45, 7) is 11.2. The third kappa shape index (κ3) is 4.06. The van der Waals surface area contributed by atoms with Gasteiger partial charge in [-0.2, -0.15) is 0 Å². The molecule has 25 heavy (non-hydrogen) atoms. The number of carbonyl (C=O) groups is 1. The number of amides is 1. The minimum Gasteiger partial charge on any atom is -0.444 e. The van der Waals surface area contributed by atoms with E-state index in [-0.39, 0.29) is 18.2 Å². The highest BCUT2D eigenvalue weighted by atomic mass is 16.6. The maximum atomic E-state index is 12.6. The van der Waals surface area contributed by atoms with Crippen molar-refractivity contribution in [2.24, 2.45) is 0 Å². The Morgan fingerprint density at radius 2 is 2.04 bits per heavy atom. The third-order valence-corrected chi connectivity index (χ3v) is 4.73. The fourth-order valence-electron chi connectivity index (χ4n) is 3.51. The van der Waals surface area contributed by atoms with Gasteiger partial charge in [-0.1, -0.05) is 44.2 Å². The van der Waals surface area contributed by atoms with Gasteiger partial charge in [0, 0.05) is 0 Å². The van der Waals surface area contributed by atoms with E-state index in [2.05, 4.69) is 44.2 Å². The van der Waals surface area contributed by atoms with E-state index in [1.807, 2.05) is 25.7 Å². The van der Waals surface area contributed by atoms with Crippen LogP contribution in [0.4, 0.5) is 4.79 Å². The number of nitrogens with zero attached hydrogens (tertiary/aromatic N) is 1. The van der Waals surface area contributed by atoms with Crippen LogP contribution in [0.5, 0.6) is 0 Å². The number of benzene rings is 1. The molecule has 1 aromatic carbocycles. The van der Waals surface area contributed by atoms with Gasteiger partial charge >= 0.3 is 6.09 Å². The normalized spacial score (nSPS) is 23.4. The molecule has 0 radical (unpaired) electrons. The quantitative estimate of drug-likeness (QED) is 0.787. The molecular formula is C21H29NO3. The standard InChI is InChI=1S/C21H29NO3/c1-14(2)15-7-6-8-16(9-15)17-10-18-12-24-13-19(11-17)22(18)20(23)25-21(3,4)5/h6-10,14,18-19H,11-13H2,1-5H3. The number of rotatable bonds is 2. The summed E-state index contributed by atoms with van der Waals surface area (Å²) < 4.78 is 11.3. The molecular weight excluding hydrogens is 314 g/mol. The lowest BCUT2D eigenvalue weighted by molar-refractivity contribution is -0.0510. The minimum absolute atomic E-state index is 0.0382. The van der Waals surface area contributed by atoms with Crippen LogP contribution in [0.3, 0.4) is 0 Å². The van der Waals surface area contributed by atoms with E-state index in [0.29, 0.717) is 19.1 Å². The van der Waals surface area contributed by atoms with E-state index in [1.54, 1.807) is 0 Å². The molecule has 1 saturated heterocycles. The summed E-state index contributed by atoms with van der Waals surface area (Å²) in [6, 6.07) is 8.72. The summed E-state index contributed by atoms with van der Waals surface area (Å²) in [5, 5.41) is 0. The summed E-state index contributed by atoms with van der Waals surface area (Å²) in [7, 11) is 0. The smallest absolute Gasteiger partial charge is 0.411 e. The van der Waals surface area contributed by atoms with Crippen molar-refractivity contribution in [3.8, 4) is 0 Å². The van der Waals surface area contributed by atoms with E-state index in [1.165, 1.54) is 16.7 Å². The number of morpholine rings is 1. The fourth-order valence-corrected chi connectivity index (χ4v) is 3.51. The summed E-state index contributed by atoms with van der Waals surface area (Å²) >= 11 is 0. The Morgan fingerprint density at radius 1 is 1.28 bits per heavy atom. The summed E-state index contributed by atoms with van der Waals surface area (Å²) in [5.41, 5.74) is 3.42. The maximum absolute atomic E-state index is 12.6. The first-order chi connectivity index (χ1) is 11.7. The zero-order valence-electron chi connectivity index (χ0n) is 15.9. The predicted octanol–water partition coefficient (Wildman–Crippen LogP) is 4.60. The van der Waals surface area contributed by atoms with E-state index < -0.39 is 5.60 Å². The van der Waals surface area contributed by atoms with Crippen molar-refractivity contribution in [1.82, 2.24) is 4.90 Å². The molecule has 2 unspecified atom stereocenters. The lowest BCUT2D eigenvalue weighted by atomic mass is 9.88. The molecule has 0 saturated carbocycles. The zero-order chi connectivity index (χ0) is 18.2. The number of fused-ring (bicyclic) bond motifs is 2. The SMILES string of the molecule is CC(C)c1cccc(C2=CC3COCC(C2)N3C(=O)OC(C)(C)C)c1. The van der Waals surface area contributed by atoms with Crippen LogP contribution in [0.15, 0.2) is 30.3 Å². The van der Waals surface area contributed by atoms with Crippen molar-refractivity contribution >= 4 is 11.7 Å². The first-order valence-electron chi connectivity index (χ1n) is 9.14. The van der Waals surface area contributed by atoms with E-state index in [9.17, 15) is 4.79 Å². The Balaban J connectivity index is 1.86. The number of carbonyl (C=O) groups excluding carboxylic acids is 1. The van der Waals surface area contributed by atoms with E-state index >= 15 is 0 Å². The Labute approximate surface area is 150 Å². The Morgan fingerprint density at radius 3 is 2.68 bits per heavy atom. The second-order valence-corrected chi connectivity index (χ2v) is 8.32. The molecule has 1 fully saturated rings. The summed E-state index contributed by atoms with van der Waals surface area (Å²) in [5.74, 6) is 0.505. The third-order valence-electron chi connectivity index (χ3n) is 4.73. The van der Waals surface area contributed by atoms with Crippen molar-refractivity contribution in [3.05, 3.63) is 41.5 Å². The van der Waals surface area contributed by atoms with Gasteiger partial charge in [0.25, 0.3) is 0 Å². The van der Waals surface area contributed by atoms with Crippen molar-refractivity contribution in [2.45, 2.75) is 64.6 Å². The Kier molecular flexibility index (Phi) is 4.92. The molecule has 2 atom stereocenters. The van der Waals surface area contributed by atoms with Crippen LogP contribution >= 0.6 is 0 Å². The molecule has 2 heterocycles.